The quantitative estimate of drug-likeness (QED) is 0.254. The van der Waals surface area contributed by atoms with E-state index in [1.54, 1.807) is 0 Å². The van der Waals surface area contributed by atoms with Crippen molar-refractivity contribution in [2.24, 2.45) is 11.3 Å². The molecule has 0 heterocycles. The first-order valence-corrected chi connectivity index (χ1v) is 13.2. The van der Waals surface area contributed by atoms with Gasteiger partial charge >= 0.3 is 42.5 Å². The molecule has 0 bridgehead atoms. The molecule has 0 aromatic heterocycles. The first-order chi connectivity index (χ1) is 20.6. The Morgan fingerprint density at radius 3 is 0.560 bits per heavy atom. The molecule has 0 aliphatic heterocycles. The summed E-state index contributed by atoms with van der Waals surface area (Å²) in [6.45, 7) is 9.94. The summed E-state index contributed by atoms with van der Waals surface area (Å²) in [5.41, 5.74) is -6.69. The number of rotatable bonds is 2. The molecule has 0 spiro atoms. The van der Waals surface area contributed by atoms with Gasteiger partial charge in [0, 0.05) is 33.6 Å². The van der Waals surface area contributed by atoms with E-state index >= 15 is 0 Å². The molecule has 0 saturated heterocycles. The van der Waals surface area contributed by atoms with E-state index in [0.29, 0.717) is 20.8 Å². The lowest BCUT2D eigenvalue weighted by Crippen LogP contribution is -2.44. The standard InChI is InChI=1S/C5H6F6.2C4H6F4.C4H7F3.C4H6F2O.C3H6F2.C3H7F/c1-3(2,4(6,7)8)5(9,10)11;1-3(5,6)4(2,7)8;1-3(2,5)4(6,7)8;1-3(2)4(5,6)7;1-3(7)4(2,5)6;1-3(2,4)5;1-3(2)4/h1-2H3;2*1-2H3;3H,1-2H3;1-2H3;1-2H3;3H,1-2H3. The largest absolute Gasteiger partial charge is 0.421 e. The van der Waals surface area contributed by atoms with Gasteiger partial charge in [-0.25, -0.2) is 35.1 Å². The van der Waals surface area contributed by atoms with Crippen LogP contribution in [-0.2, 0) is 4.79 Å². The van der Waals surface area contributed by atoms with Crippen LogP contribution in [0.3, 0.4) is 0 Å². The zero-order valence-corrected chi connectivity index (χ0v) is 29.4. The lowest BCUT2D eigenvalue weighted by Gasteiger charge is -2.29. The lowest BCUT2D eigenvalue weighted by atomic mass is 9.92. The minimum atomic E-state index is -5.24. The summed E-state index contributed by atoms with van der Waals surface area (Å²) in [5.74, 6) is -15.7. The van der Waals surface area contributed by atoms with Crippen LogP contribution in [0.5, 0.6) is 0 Å². The lowest BCUT2D eigenvalue weighted by molar-refractivity contribution is -0.327. The highest BCUT2D eigenvalue weighted by atomic mass is 19.4. The van der Waals surface area contributed by atoms with E-state index in [4.69, 9.17) is 0 Å². The summed E-state index contributed by atoms with van der Waals surface area (Å²) < 4.78 is 250. The molecule has 0 amide bonds. The number of hydrogen-bond acceptors (Lipinski definition) is 1. The maximum Gasteiger partial charge on any atom is 0.421 e. The zero-order valence-electron chi connectivity index (χ0n) is 29.4. The van der Waals surface area contributed by atoms with Crippen LogP contribution in [0.2, 0.25) is 0 Å². The van der Waals surface area contributed by atoms with Crippen LogP contribution in [0.1, 0.15) is 96.9 Å². The van der Waals surface area contributed by atoms with Gasteiger partial charge in [-0.2, -0.15) is 61.5 Å². The fraction of sp³-hybridized carbons (Fsp3) is 0.963. The summed E-state index contributed by atoms with van der Waals surface area (Å²) >= 11 is 0. The monoisotopic (exact) mass is 802 g/mol. The molecule has 0 aliphatic rings. The Balaban J connectivity index is -0.0000000880. The maximum atomic E-state index is 11.8. The number of halogens is 22. The highest BCUT2D eigenvalue weighted by Crippen LogP contribution is 2.49. The number of alkyl halides is 22. The van der Waals surface area contributed by atoms with Crippen LogP contribution < -0.4 is 0 Å². The molecule has 1 nitrogen and oxygen atoms in total. The Kier molecular flexibility index (Phi) is 28.1. The second-order valence-corrected chi connectivity index (χ2v) is 11.8. The van der Waals surface area contributed by atoms with Crippen molar-refractivity contribution in [1.82, 2.24) is 0 Å². The van der Waals surface area contributed by atoms with Crippen LogP contribution in [-0.4, -0.2) is 66.0 Å². The van der Waals surface area contributed by atoms with E-state index in [1.165, 1.54) is 13.8 Å². The van der Waals surface area contributed by atoms with Gasteiger partial charge in [0.2, 0.25) is 5.92 Å². The van der Waals surface area contributed by atoms with Crippen molar-refractivity contribution in [3.63, 3.8) is 0 Å². The topological polar surface area (TPSA) is 17.1 Å². The molecule has 50 heavy (non-hydrogen) atoms. The highest BCUT2D eigenvalue weighted by Gasteiger charge is 2.64. The number of carbonyl (C=O) groups excluding carboxylic acids is 1. The number of ketones is 1. The average Bonchev–Trinajstić information content (AvgIpc) is 2.67. The summed E-state index contributed by atoms with van der Waals surface area (Å²) in [6, 6.07) is 0. The van der Waals surface area contributed by atoms with E-state index < -0.39 is 77.4 Å². The predicted molar refractivity (Wildman–Crippen MR) is 143 cm³/mol. The first kappa shape index (κ1) is 63.2. The Hall–Kier alpha value is -1.87. The minimum Gasteiger partial charge on any atom is -0.293 e. The molecule has 0 fully saturated rings. The van der Waals surface area contributed by atoms with Gasteiger partial charge in [0.15, 0.2) is 16.9 Å². The molecule has 0 saturated carbocycles. The molecule has 0 aromatic carbocycles. The fourth-order valence-corrected chi connectivity index (χ4v) is 0.161. The Bertz CT molecular complexity index is 774. The molecular formula is C27H44F22O. The highest BCUT2D eigenvalue weighted by molar-refractivity contribution is 5.82. The molecule has 0 radical (unpaired) electrons. The van der Waals surface area contributed by atoms with Crippen molar-refractivity contribution in [2.45, 2.75) is 157 Å². The molecule has 0 N–H and O–H groups in total. The Morgan fingerprint density at radius 2 is 0.560 bits per heavy atom. The van der Waals surface area contributed by atoms with Crippen LogP contribution in [0.4, 0.5) is 96.6 Å². The van der Waals surface area contributed by atoms with Crippen LogP contribution in [0.25, 0.3) is 0 Å². The summed E-state index contributed by atoms with van der Waals surface area (Å²) in [5, 5.41) is 0. The van der Waals surface area contributed by atoms with Gasteiger partial charge in [0.05, 0.1) is 6.17 Å². The van der Waals surface area contributed by atoms with Crippen molar-refractivity contribution in [2.75, 3.05) is 0 Å². The fourth-order valence-electron chi connectivity index (χ4n) is 0.161. The molecule has 0 atom stereocenters. The predicted octanol–water partition coefficient (Wildman–Crippen LogP) is 14.2. The first-order valence-electron chi connectivity index (χ1n) is 13.2. The van der Waals surface area contributed by atoms with E-state index in [9.17, 15) is 101 Å². The normalized spacial score (nSPS) is 13.2. The third-order valence-electron chi connectivity index (χ3n) is 4.14. The summed E-state index contributed by atoms with van der Waals surface area (Å²) in [4.78, 5) is 9.72. The summed E-state index contributed by atoms with van der Waals surface area (Å²) in [7, 11) is 0. The Labute approximate surface area is 276 Å². The van der Waals surface area contributed by atoms with Crippen molar-refractivity contribution in [1.29, 1.82) is 0 Å². The van der Waals surface area contributed by atoms with Gasteiger partial charge in [-0.3, -0.25) is 4.79 Å². The molecule has 0 aromatic rings. The second-order valence-electron chi connectivity index (χ2n) is 11.8. The maximum absolute atomic E-state index is 11.8. The van der Waals surface area contributed by atoms with E-state index in [0.717, 1.165) is 34.6 Å². The van der Waals surface area contributed by atoms with E-state index in [1.807, 2.05) is 0 Å². The number of Topliss-reactive ketones (excluding diaryl/α,β-unsaturated/α-hetero) is 1. The molecule has 312 valence electrons. The van der Waals surface area contributed by atoms with Crippen LogP contribution in [0, 0.1) is 11.3 Å². The molecule has 23 heteroatoms. The van der Waals surface area contributed by atoms with Crippen molar-refractivity contribution in [3.8, 4) is 0 Å². The van der Waals surface area contributed by atoms with Crippen molar-refractivity contribution < 1.29 is 101 Å². The number of carbonyl (C=O) groups is 1. The molecular weight excluding hydrogens is 758 g/mol. The van der Waals surface area contributed by atoms with Crippen LogP contribution in [0.15, 0.2) is 0 Å². The Morgan fingerprint density at radius 1 is 0.440 bits per heavy atom. The van der Waals surface area contributed by atoms with Gasteiger partial charge < -0.3 is 0 Å². The minimum absolute atomic E-state index is 0.104. The van der Waals surface area contributed by atoms with Gasteiger partial charge in [0.1, 0.15) is 0 Å². The molecule has 0 unspecified atom stereocenters. The van der Waals surface area contributed by atoms with Gasteiger partial charge in [-0.1, -0.05) is 13.8 Å². The summed E-state index contributed by atoms with van der Waals surface area (Å²) in [6.07, 6.45) is -19.9. The third-order valence-corrected chi connectivity index (χ3v) is 4.14. The molecule has 0 rings (SSSR count). The smallest absolute Gasteiger partial charge is 0.293 e. The van der Waals surface area contributed by atoms with E-state index in [-0.39, 0.29) is 27.7 Å². The van der Waals surface area contributed by atoms with Gasteiger partial charge in [-0.15, -0.1) is 0 Å². The van der Waals surface area contributed by atoms with Gasteiger partial charge in [0.25, 0.3) is 0 Å². The average molecular weight is 803 g/mol. The van der Waals surface area contributed by atoms with Crippen molar-refractivity contribution in [3.05, 3.63) is 0 Å². The van der Waals surface area contributed by atoms with Gasteiger partial charge in [-0.05, 0) is 55.4 Å². The third kappa shape index (κ3) is 44.2. The van der Waals surface area contributed by atoms with E-state index in [2.05, 4.69) is 0 Å². The molecule has 0 aliphatic carbocycles. The number of hydrogen-bond donors (Lipinski definition) is 0. The SMILES string of the molecule is CC(=O)C(C)(F)F.CC(C)(C(F)(F)F)C(F)(F)F.CC(C)(F)C(F)(F)F.CC(C)(F)F.CC(C)C(F)(F)F.CC(C)F.CC(F)(F)C(C)(F)F. The zero-order chi connectivity index (χ0) is 43.7. The van der Waals surface area contributed by atoms with Crippen molar-refractivity contribution >= 4 is 5.78 Å². The van der Waals surface area contributed by atoms with Crippen LogP contribution >= 0.6 is 0 Å². The second kappa shape index (κ2) is 22.3.